The molecule has 8 heteroatoms. The van der Waals surface area contributed by atoms with E-state index in [2.05, 4.69) is 25.7 Å². The maximum Gasteiger partial charge on any atom is 0.292 e. The Balaban J connectivity index is 1.83. The van der Waals surface area contributed by atoms with Crippen LogP contribution in [0.1, 0.15) is 49.1 Å². The lowest BCUT2D eigenvalue weighted by Gasteiger charge is -2.26. The van der Waals surface area contributed by atoms with Gasteiger partial charge in [-0.1, -0.05) is 18.0 Å². The highest BCUT2D eigenvalue weighted by atomic mass is 16.5. The topological polar surface area (TPSA) is 100 Å². The van der Waals surface area contributed by atoms with Gasteiger partial charge in [-0.3, -0.25) is 14.5 Å². The van der Waals surface area contributed by atoms with Gasteiger partial charge in [0.1, 0.15) is 0 Å². The maximum atomic E-state index is 12.2. The zero-order valence-corrected chi connectivity index (χ0v) is 13.1. The van der Waals surface area contributed by atoms with Crippen LogP contribution in [0.3, 0.4) is 0 Å². The fourth-order valence-electron chi connectivity index (χ4n) is 2.49. The molecule has 1 saturated heterocycles. The van der Waals surface area contributed by atoms with Crippen LogP contribution in [-0.2, 0) is 11.3 Å². The van der Waals surface area contributed by atoms with Crippen molar-refractivity contribution in [3.8, 4) is 0 Å². The predicted octanol–water partition coefficient (Wildman–Crippen LogP) is 0.310. The Hall–Kier alpha value is -1.96. The Kier molecular flexibility index (Phi) is 5.88. The summed E-state index contributed by atoms with van der Waals surface area (Å²) in [6.45, 7) is 3.94. The Morgan fingerprint density at radius 3 is 2.59 bits per heavy atom. The number of likely N-dealkylation sites (tertiary alicyclic amines) is 1. The largest absolute Gasteiger partial charge is 0.352 e. The number of nitrogens with one attached hydrogen (secondary N) is 2. The van der Waals surface area contributed by atoms with Gasteiger partial charge in [-0.05, 0) is 32.9 Å². The summed E-state index contributed by atoms with van der Waals surface area (Å²) >= 11 is 0. The van der Waals surface area contributed by atoms with Crippen molar-refractivity contribution in [2.45, 2.75) is 45.2 Å². The van der Waals surface area contributed by atoms with Crippen LogP contribution in [0.15, 0.2) is 4.52 Å². The lowest BCUT2D eigenvalue weighted by Crippen LogP contribution is -2.45. The van der Waals surface area contributed by atoms with E-state index in [1.807, 2.05) is 6.92 Å². The van der Waals surface area contributed by atoms with Crippen molar-refractivity contribution in [1.29, 1.82) is 0 Å². The summed E-state index contributed by atoms with van der Waals surface area (Å²) in [5.74, 6) is -0.303. The monoisotopic (exact) mass is 309 g/mol. The Morgan fingerprint density at radius 2 is 1.95 bits per heavy atom. The van der Waals surface area contributed by atoms with Crippen LogP contribution in [0.4, 0.5) is 0 Å². The van der Waals surface area contributed by atoms with Crippen molar-refractivity contribution < 1.29 is 14.1 Å². The molecule has 1 aromatic heterocycles. The quantitative estimate of drug-likeness (QED) is 0.812. The lowest BCUT2D eigenvalue weighted by molar-refractivity contribution is -0.126. The van der Waals surface area contributed by atoms with Gasteiger partial charge in [0.25, 0.3) is 11.7 Å². The Bertz CT molecular complexity index is 508. The Morgan fingerprint density at radius 1 is 1.27 bits per heavy atom. The van der Waals surface area contributed by atoms with Crippen LogP contribution in [0, 0.1) is 0 Å². The van der Waals surface area contributed by atoms with Gasteiger partial charge in [0.05, 0.1) is 12.6 Å². The number of carbonyl (C=O) groups excluding carboxylic acids is 2. The van der Waals surface area contributed by atoms with E-state index >= 15 is 0 Å². The third-order valence-corrected chi connectivity index (χ3v) is 3.88. The van der Waals surface area contributed by atoms with Crippen molar-refractivity contribution in [2.75, 3.05) is 20.1 Å². The van der Waals surface area contributed by atoms with E-state index in [0.29, 0.717) is 0 Å². The van der Waals surface area contributed by atoms with Crippen molar-refractivity contribution in [2.24, 2.45) is 0 Å². The van der Waals surface area contributed by atoms with E-state index in [1.54, 1.807) is 0 Å². The van der Waals surface area contributed by atoms with E-state index in [-0.39, 0.29) is 30.2 Å². The number of rotatable bonds is 5. The molecule has 0 aromatic carbocycles. The van der Waals surface area contributed by atoms with Crippen molar-refractivity contribution in [3.05, 3.63) is 11.7 Å². The molecule has 122 valence electrons. The number of hydrogen-bond donors (Lipinski definition) is 2. The predicted molar refractivity (Wildman–Crippen MR) is 79.0 cm³/mol. The normalized spacial score (nSPS) is 17.5. The van der Waals surface area contributed by atoms with E-state index in [4.69, 9.17) is 4.52 Å². The van der Waals surface area contributed by atoms with Gasteiger partial charge in [0.15, 0.2) is 0 Å². The number of hydrogen-bond acceptors (Lipinski definition) is 6. The number of carbonyl (C=O) groups is 2. The molecular formula is C14H23N5O3. The molecule has 0 bridgehead atoms. The zero-order valence-electron chi connectivity index (χ0n) is 13.1. The highest BCUT2D eigenvalue weighted by Gasteiger charge is 2.22. The summed E-state index contributed by atoms with van der Waals surface area (Å²) in [5, 5.41) is 8.74. The number of amides is 2. The van der Waals surface area contributed by atoms with E-state index < -0.39 is 5.91 Å². The van der Waals surface area contributed by atoms with Crippen LogP contribution in [-0.4, -0.2) is 53.0 Å². The van der Waals surface area contributed by atoms with Gasteiger partial charge in [-0.2, -0.15) is 4.98 Å². The second-order valence-corrected chi connectivity index (χ2v) is 5.43. The fraction of sp³-hybridized carbons (Fsp3) is 0.714. The van der Waals surface area contributed by atoms with E-state index in [1.165, 1.54) is 19.9 Å². The molecule has 2 heterocycles. The molecule has 1 aliphatic rings. The van der Waals surface area contributed by atoms with Crippen molar-refractivity contribution in [3.63, 3.8) is 0 Å². The first-order chi connectivity index (χ1) is 10.6. The molecule has 0 saturated carbocycles. The second-order valence-electron chi connectivity index (χ2n) is 5.43. The molecule has 8 nitrogen and oxygen atoms in total. The summed E-state index contributed by atoms with van der Waals surface area (Å²) in [6, 6.07) is -0.181. The lowest BCUT2D eigenvalue weighted by atomic mass is 10.2. The van der Waals surface area contributed by atoms with Crippen LogP contribution >= 0.6 is 0 Å². The van der Waals surface area contributed by atoms with Crippen LogP contribution < -0.4 is 10.6 Å². The molecule has 22 heavy (non-hydrogen) atoms. The highest BCUT2D eigenvalue weighted by molar-refractivity contribution is 5.89. The molecule has 2 amide bonds. The Labute approximate surface area is 129 Å². The van der Waals surface area contributed by atoms with Gasteiger partial charge in [0.2, 0.25) is 11.8 Å². The standard InChI is InChI=1S/C14H23N5O3/c1-10(19-7-5-3-4-6-8-19)13(20)16-9-11-17-12(18-22-11)14(21)15-2/h10H,3-9H2,1-2H3,(H,15,21)(H,16,20). The van der Waals surface area contributed by atoms with Gasteiger partial charge in [0, 0.05) is 7.05 Å². The van der Waals surface area contributed by atoms with Gasteiger partial charge < -0.3 is 15.2 Å². The summed E-state index contributed by atoms with van der Waals surface area (Å²) in [5.41, 5.74) is 0. The summed E-state index contributed by atoms with van der Waals surface area (Å²) in [4.78, 5) is 29.6. The summed E-state index contributed by atoms with van der Waals surface area (Å²) in [6.07, 6.45) is 4.73. The molecule has 2 rings (SSSR count). The van der Waals surface area contributed by atoms with Crippen LogP contribution in [0.25, 0.3) is 0 Å². The molecule has 1 aromatic rings. The molecule has 1 unspecified atom stereocenters. The van der Waals surface area contributed by atoms with E-state index in [9.17, 15) is 9.59 Å². The number of nitrogens with zero attached hydrogens (tertiary/aromatic N) is 3. The highest BCUT2D eigenvalue weighted by Crippen LogP contribution is 2.12. The molecule has 0 aliphatic carbocycles. The SMILES string of the molecule is CNC(=O)c1noc(CNC(=O)C(C)N2CCCCCC2)n1. The molecule has 1 atom stereocenters. The van der Waals surface area contributed by atoms with Crippen molar-refractivity contribution >= 4 is 11.8 Å². The first-order valence-electron chi connectivity index (χ1n) is 7.68. The first kappa shape index (κ1) is 16.4. The van der Waals surface area contributed by atoms with Gasteiger partial charge in [-0.25, -0.2) is 0 Å². The fourth-order valence-corrected chi connectivity index (χ4v) is 2.49. The van der Waals surface area contributed by atoms with Crippen molar-refractivity contribution in [1.82, 2.24) is 25.7 Å². The average Bonchev–Trinajstić information content (AvgIpc) is 2.84. The van der Waals surface area contributed by atoms with Gasteiger partial charge in [-0.15, -0.1) is 0 Å². The molecule has 1 aliphatic heterocycles. The van der Waals surface area contributed by atoms with E-state index in [0.717, 1.165) is 25.9 Å². The smallest absolute Gasteiger partial charge is 0.292 e. The first-order valence-corrected chi connectivity index (χ1v) is 7.68. The molecule has 0 spiro atoms. The summed E-state index contributed by atoms with van der Waals surface area (Å²) in [7, 11) is 1.49. The minimum Gasteiger partial charge on any atom is -0.352 e. The molecule has 2 N–H and O–H groups in total. The minimum absolute atomic E-state index is 0.0349. The molecular weight excluding hydrogens is 286 g/mol. The summed E-state index contributed by atoms with van der Waals surface area (Å²) < 4.78 is 4.93. The minimum atomic E-state index is -0.417. The number of aromatic nitrogens is 2. The average molecular weight is 309 g/mol. The van der Waals surface area contributed by atoms with Crippen LogP contribution in [0.5, 0.6) is 0 Å². The third-order valence-electron chi connectivity index (χ3n) is 3.88. The maximum absolute atomic E-state index is 12.2. The molecule has 1 fully saturated rings. The third kappa shape index (κ3) is 4.27. The van der Waals surface area contributed by atoms with Gasteiger partial charge >= 0.3 is 0 Å². The van der Waals surface area contributed by atoms with Crippen LogP contribution in [0.2, 0.25) is 0 Å². The zero-order chi connectivity index (χ0) is 15.9. The second kappa shape index (κ2) is 7.88. The molecule has 0 radical (unpaired) electrons.